The Kier molecular flexibility index (Phi) is 3.49. The van der Waals surface area contributed by atoms with Crippen molar-refractivity contribution >= 4 is 0 Å². The van der Waals surface area contributed by atoms with Crippen LogP contribution in [0, 0.1) is 6.92 Å². The Morgan fingerprint density at radius 2 is 1.62 bits per heavy atom. The van der Waals surface area contributed by atoms with E-state index in [2.05, 4.69) is 59.7 Å². The van der Waals surface area contributed by atoms with E-state index in [1.807, 2.05) is 0 Å². The van der Waals surface area contributed by atoms with Crippen LogP contribution in [0.2, 0.25) is 0 Å². The summed E-state index contributed by atoms with van der Waals surface area (Å²) in [5, 5.41) is 0. The van der Waals surface area contributed by atoms with Gasteiger partial charge in [0.05, 0.1) is 0 Å². The molecular weight excluding hydrogens is 194 g/mol. The van der Waals surface area contributed by atoms with Crippen LogP contribution >= 0.6 is 0 Å². The van der Waals surface area contributed by atoms with Gasteiger partial charge >= 0.3 is 0 Å². The summed E-state index contributed by atoms with van der Waals surface area (Å²) in [7, 11) is 0. The minimum atomic E-state index is -0.131. The van der Waals surface area contributed by atoms with Crippen molar-refractivity contribution in [2.24, 2.45) is 5.73 Å². The highest BCUT2D eigenvalue weighted by Gasteiger charge is 2.17. The summed E-state index contributed by atoms with van der Waals surface area (Å²) < 4.78 is 0. The number of benzene rings is 1. The van der Waals surface area contributed by atoms with E-state index in [0.717, 1.165) is 6.42 Å². The minimum Gasteiger partial charge on any atom is -0.325 e. The lowest BCUT2D eigenvalue weighted by molar-refractivity contribution is 0.515. The molecule has 0 unspecified atom stereocenters. The van der Waals surface area contributed by atoms with Crippen molar-refractivity contribution in [3.05, 3.63) is 34.9 Å². The maximum absolute atomic E-state index is 6.06. The monoisotopic (exact) mass is 219 g/mol. The molecule has 1 heteroatoms. The van der Waals surface area contributed by atoms with Crippen molar-refractivity contribution in [2.45, 2.75) is 58.9 Å². The highest BCUT2D eigenvalue weighted by Crippen LogP contribution is 2.25. The smallest absolute Gasteiger partial charge is 0.0138 e. The maximum atomic E-state index is 6.06. The third-order valence-corrected chi connectivity index (χ3v) is 2.85. The molecule has 0 saturated carbocycles. The fraction of sp³-hybridized carbons (Fsp3) is 0.600. The fourth-order valence-electron chi connectivity index (χ4n) is 1.85. The standard InChI is InChI=1S/C15H25N/c1-11-9-13(14(2,3)4)8-7-12(11)10-15(5,6)16/h7-9H,10,16H2,1-6H3. The van der Waals surface area contributed by atoms with Gasteiger partial charge in [0.15, 0.2) is 0 Å². The van der Waals surface area contributed by atoms with Gasteiger partial charge in [0.1, 0.15) is 0 Å². The van der Waals surface area contributed by atoms with E-state index in [9.17, 15) is 0 Å². The number of hydrogen-bond donors (Lipinski definition) is 1. The van der Waals surface area contributed by atoms with Gasteiger partial charge in [-0.2, -0.15) is 0 Å². The summed E-state index contributed by atoms with van der Waals surface area (Å²) in [6.07, 6.45) is 0.934. The molecule has 0 bridgehead atoms. The average Bonchev–Trinajstić information content (AvgIpc) is 2.04. The van der Waals surface area contributed by atoms with Gasteiger partial charge in [0.2, 0.25) is 0 Å². The van der Waals surface area contributed by atoms with Crippen molar-refractivity contribution in [1.29, 1.82) is 0 Å². The Hall–Kier alpha value is -0.820. The summed E-state index contributed by atoms with van der Waals surface area (Å²) in [6, 6.07) is 6.75. The van der Waals surface area contributed by atoms with Crippen molar-refractivity contribution in [1.82, 2.24) is 0 Å². The van der Waals surface area contributed by atoms with Gasteiger partial charge in [-0.1, -0.05) is 39.0 Å². The van der Waals surface area contributed by atoms with E-state index < -0.39 is 0 Å². The van der Waals surface area contributed by atoms with Crippen LogP contribution < -0.4 is 5.73 Å². The van der Waals surface area contributed by atoms with Crippen molar-refractivity contribution in [3.63, 3.8) is 0 Å². The van der Waals surface area contributed by atoms with Crippen LogP contribution in [0.4, 0.5) is 0 Å². The second kappa shape index (κ2) is 4.21. The first kappa shape index (κ1) is 13.2. The molecule has 0 aliphatic carbocycles. The van der Waals surface area contributed by atoms with Crippen LogP contribution in [0.3, 0.4) is 0 Å². The lowest BCUT2D eigenvalue weighted by Crippen LogP contribution is -2.34. The molecule has 0 aliphatic rings. The van der Waals surface area contributed by atoms with E-state index in [1.165, 1.54) is 16.7 Å². The summed E-state index contributed by atoms with van der Waals surface area (Å²) in [6.45, 7) is 13.1. The molecule has 1 aromatic rings. The Bertz CT molecular complexity index is 364. The zero-order chi connectivity index (χ0) is 12.6. The molecule has 0 radical (unpaired) electrons. The lowest BCUT2D eigenvalue weighted by atomic mass is 9.84. The second-order valence-corrected chi connectivity index (χ2v) is 6.56. The third-order valence-electron chi connectivity index (χ3n) is 2.85. The first-order valence-electron chi connectivity index (χ1n) is 5.98. The van der Waals surface area contributed by atoms with Crippen LogP contribution in [0.15, 0.2) is 18.2 Å². The van der Waals surface area contributed by atoms with Gasteiger partial charge in [0, 0.05) is 5.54 Å². The molecule has 0 fully saturated rings. The molecule has 0 spiro atoms. The zero-order valence-electron chi connectivity index (χ0n) is 11.5. The molecule has 0 saturated heterocycles. The van der Waals surface area contributed by atoms with Crippen molar-refractivity contribution in [3.8, 4) is 0 Å². The van der Waals surface area contributed by atoms with Gasteiger partial charge in [-0.05, 0) is 49.3 Å². The SMILES string of the molecule is Cc1cc(C(C)(C)C)ccc1CC(C)(C)N. The Morgan fingerprint density at radius 1 is 1.06 bits per heavy atom. The van der Waals surface area contributed by atoms with Gasteiger partial charge in [0.25, 0.3) is 0 Å². The quantitative estimate of drug-likeness (QED) is 0.808. The molecule has 90 valence electrons. The molecule has 0 aliphatic heterocycles. The highest BCUT2D eigenvalue weighted by atomic mass is 14.7. The van der Waals surface area contributed by atoms with Crippen molar-refractivity contribution < 1.29 is 0 Å². The molecule has 16 heavy (non-hydrogen) atoms. The van der Waals surface area contributed by atoms with Gasteiger partial charge in [-0.25, -0.2) is 0 Å². The summed E-state index contributed by atoms with van der Waals surface area (Å²) in [5.74, 6) is 0. The molecule has 1 nitrogen and oxygen atoms in total. The first-order chi connectivity index (χ1) is 7.09. The highest BCUT2D eigenvalue weighted by molar-refractivity contribution is 5.35. The number of hydrogen-bond acceptors (Lipinski definition) is 1. The van der Waals surface area contributed by atoms with Crippen LogP contribution in [-0.2, 0) is 11.8 Å². The van der Waals surface area contributed by atoms with Crippen LogP contribution in [-0.4, -0.2) is 5.54 Å². The van der Waals surface area contributed by atoms with E-state index >= 15 is 0 Å². The Labute approximate surface area is 100 Å². The summed E-state index contributed by atoms with van der Waals surface area (Å²) in [5.41, 5.74) is 10.3. The fourth-order valence-corrected chi connectivity index (χ4v) is 1.85. The molecule has 0 aromatic heterocycles. The molecule has 0 heterocycles. The van der Waals surface area contributed by atoms with E-state index in [1.54, 1.807) is 0 Å². The first-order valence-corrected chi connectivity index (χ1v) is 5.98. The maximum Gasteiger partial charge on any atom is 0.0138 e. The summed E-state index contributed by atoms with van der Waals surface area (Å²) in [4.78, 5) is 0. The molecule has 0 amide bonds. The molecular formula is C15H25N. The lowest BCUT2D eigenvalue weighted by Gasteiger charge is -2.23. The Morgan fingerprint density at radius 3 is 2.00 bits per heavy atom. The zero-order valence-corrected chi connectivity index (χ0v) is 11.5. The van der Waals surface area contributed by atoms with E-state index in [0.29, 0.717) is 0 Å². The van der Waals surface area contributed by atoms with E-state index in [4.69, 9.17) is 5.73 Å². The normalized spacial score (nSPS) is 12.9. The van der Waals surface area contributed by atoms with Crippen LogP contribution in [0.1, 0.15) is 51.3 Å². The van der Waals surface area contributed by atoms with Gasteiger partial charge < -0.3 is 5.73 Å². The predicted octanol–water partition coefficient (Wildman–Crippen LogP) is 3.57. The topological polar surface area (TPSA) is 26.0 Å². The van der Waals surface area contributed by atoms with E-state index in [-0.39, 0.29) is 11.0 Å². The van der Waals surface area contributed by atoms with Crippen LogP contribution in [0.25, 0.3) is 0 Å². The average molecular weight is 219 g/mol. The largest absolute Gasteiger partial charge is 0.325 e. The molecule has 1 rings (SSSR count). The van der Waals surface area contributed by atoms with Crippen molar-refractivity contribution in [2.75, 3.05) is 0 Å². The second-order valence-electron chi connectivity index (χ2n) is 6.56. The van der Waals surface area contributed by atoms with Crippen LogP contribution in [0.5, 0.6) is 0 Å². The third kappa shape index (κ3) is 3.64. The minimum absolute atomic E-state index is 0.131. The van der Waals surface area contributed by atoms with Gasteiger partial charge in [-0.15, -0.1) is 0 Å². The van der Waals surface area contributed by atoms with Gasteiger partial charge in [-0.3, -0.25) is 0 Å². The molecule has 2 N–H and O–H groups in total. The number of aryl methyl sites for hydroxylation is 1. The Balaban J connectivity index is 3.01. The number of rotatable bonds is 2. The molecule has 0 atom stereocenters. The number of nitrogens with two attached hydrogens (primary N) is 1. The molecule has 1 aromatic carbocycles. The predicted molar refractivity (Wildman–Crippen MR) is 71.8 cm³/mol. The summed E-state index contributed by atoms with van der Waals surface area (Å²) >= 11 is 0.